The Balaban J connectivity index is 2.13. The Kier molecular flexibility index (Phi) is 3.34. The molecule has 2 rings (SSSR count). The summed E-state index contributed by atoms with van der Waals surface area (Å²) in [4.78, 5) is 21.3. The van der Waals surface area contributed by atoms with Crippen LogP contribution in [0.3, 0.4) is 0 Å². The summed E-state index contributed by atoms with van der Waals surface area (Å²) in [6.07, 6.45) is 2.93. The standard InChI is InChI=1S/C10H10ClN5O/c1-16(5-8-13-6-14-15-8)10(17)7-3-2-4-12-9(7)11/h2-4,6H,5H2,1H3,(H,13,14,15). The van der Waals surface area contributed by atoms with Crippen molar-refractivity contribution in [3.8, 4) is 0 Å². The predicted molar refractivity (Wildman–Crippen MR) is 61.4 cm³/mol. The number of amides is 1. The number of carbonyl (C=O) groups excluding carboxylic acids is 1. The van der Waals surface area contributed by atoms with Crippen LogP contribution in [0.1, 0.15) is 16.2 Å². The largest absolute Gasteiger partial charge is 0.334 e. The number of aromatic amines is 1. The van der Waals surface area contributed by atoms with E-state index < -0.39 is 0 Å². The maximum absolute atomic E-state index is 12.0. The van der Waals surface area contributed by atoms with Crippen LogP contribution >= 0.6 is 11.6 Å². The van der Waals surface area contributed by atoms with Crippen molar-refractivity contribution in [3.05, 3.63) is 41.2 Å². The molecule has 17 heavy (non-hydrogen) atoms. The Bertz CT molecular complexity index is 513. The van der Waals surface area contributed by atoms with Crippen LogP contribution in [-0.4, -0.2) is 38.0 Å². The number of hydrogen-bond acceptors (Lipinski definition) is 4. The van der Waals surface area contributed by atoms with Crippen molar-refractivity contribution in [2.24, 2.45) is 0 Å². The molecule has 6 nitrogen and oxygen atoms in total. The van der Waals surface area contributed by atoms with Gasteiger partial charge in [0.1, 0.15) is 17.3 Å². The lowest BCUT2D eigenvalue weighted by Crippen LogP contribution is -2.27. The van der Waals surface area contributed by atoms with Gasteiger partial charge in [-0.3, -0.25) is 9.89 Å². The SMILES string of the molecule is CN(Cc1ncn[nH]1)C(=O)c1cccnc1Cl. The molecule has 0 fully saturated rings. The van der Waals surface area contributed by atoms with E-state index in [1.807, 2.05) is 0 Å². The molecular formula is C10H10ClN5O. The number of aromatic nitrogens is 4. The first-order chi connectivity index (χ1) is 8.18. The van der Waals surface area contributed by atoms with Crippen molar-refractivity contribution >= 4 is 17.5 Å². The third-order valence-electron chi connectivity index (χ3n) is 2.19. The molecule has 1 N–H and O–H groups in total. The highest BCUT2D eigenvalue weighted by atomic mass is 35.5. The minimum atomic E-state index is -0.209. The Morgan fingerprint density at radius 1 is 1.53 bits per heavy atom. The van der Waals surface area contributed by atoms with E-state index in [1.165, 1.54) is 17.4 Å². The smallest absolute Gasteiger partial charge is 0.257 e. The zero-order valence-electron chi connectivity index (χ0n) is 9.09. The van der Waals surface area contributed by atoms with E-state index in [9.17, 15) is 4.79 Å². The lowest BCUT2D eigenvalue weighted by Gasteiger charge is -2.15. The van der Waals surface area contributed by atoms with Crippen molar-refractivity contribution in [1.29, 1.82) is 0 Å². The first kappa shape index (κ1) is 11.5. The van der Waals surface area contributed by atoms with Gasteiger partial charge < -0.3 is 4.90 Å². The van der Waals surface area contributed by atoms with Gasteiger partial charge in [0.2, 0.25) is 0 Å². The topological polar surface area (TPSA) is 74.8 Å². The Hall–Kier alpha value is -1.95. The summed E-state index contributed by atoms with van der Waals surface area (Å²) in [5.74, 6) is 0.403. The van der Waals surface area contributed by atoms with Crippen molar-refractivity contribution < 1.29 is 4.79 Å². The number of rotatable bonds is 3. The zero-order chi connectivity index (χ0) is 12.3. The van der Waals surface area contributed by atoms with Crippen LogP contribution in [0.2, 0.25) is 5.15 Å². The monoisotopic (exact) mass is 251 g/mol. The number of carbonyl (C=O) groups is 1. The van der Waals surface area contributed by atoms with Crippen molar-refractivity contribution in [2.45, 2.75) is 6.54 Å². The number of halogens is 1. The molecule has 0 aliphatic rings. The number of pyridine rings is 1. The van der Waals surface area contributed by atoms with Crippen LogP contribution in [-0.2, 0) is 6.54 Å². The number of H-pyrrole nitrogens is 1. The summed E-state index contributed by atoms with van der Waals surface area (Å²) < 4.78 is 0. The lowest BCUT2D eigenvalue weighted by atomic mass is 10.2. The molecule has 2 aromatic heterocycles. The van der Waals surface area contributed by atoms with E-state index in [0.717, 1.165) is 0 Å². The molecule has 0 saturated carbocycles. The van der Waals surface area contributed by atoms with Crippen LogP contribution in [0.25, 0.3) is 0 Å². The number of nitrogens with one attached hydrogen (secondary N) is 1. The number of hydrogen-bond donors (Lipinski definition) is 1. The van der Waals surface area contributed by atoms with Gasteiger partial charge in [-0.2, -0.15) is 5.10 Å². The summed E-state index contributed by atoms with van der Waals surface area (Å²) in [7, 11) is 1.66. The Morgan fingerprint density at radius 3 is 3.00 bits per heavy atom. The normalized spacial score (nSPS) is 10.2. The van der Waals surface area contributed by atoms with Crippen molar-refractivity contribution in [1.82, 2.24) is 25.1 Å². The third kappa shape index (κ3) is 2.59. The molecule has 0 unspecified atom stereocenters. The van der Waals surface area contributed by atoms with Gasteiger partial charge in [-0.15, -0.1) is 0 Å². The van der Waals surface area contributed by atoms with Gasteiger partial charge in [0.25, 0.3) is 5.91 Å². The molecule has 0 radical (unpaired) electrons. The molecule has 2 aromatic rings. The highest BCUT2D eigenvalue weighted by Crippen LogP contribution is 2.14. The van der Waals surface area contributed by atoms with Crippen molar-refractivity contribution in [3.63, 3.8) is 0 Å². The molecule has 0 aliphatic heterocycles. The van der Waals surface area contributed by atoms with Gasteiger partial charge in [-0.05, 0) is 12.1 Å². The Labute approximate surface area is 103 Å². The second-order valence-electron chi connectivity index (χ2n) is 3.44. The van der Waals surface area contributed by atoms with E-state index in [4.69, 9.17) is 11.6 Å². The van der Waals surface area contributed by atoms with E-state index in [1.54, 1.807) is 19.2 Å². The fraction of sp³-hybridized carbons (Fsp3) is 0.200. The second-order valence-corrected chi connectivity index (χ2v) is 3.79. The molecule has 1 amide bonds. The molecule has 2 heterocycles. The van der Waals surface area contributed by atoms with E-state index >= 15 is 0 Å². The maximum atomic E-state index is 12.0. The second kappa shape index (κ2) is 4.92. The highest BCUT2D eigenvalue weighted by Gasteiger charge is 2.16. The fourth-order valence-electron chi connectivity index (χ4n) is 1.35. The van der Waals surface area contributed by atoms with E-state index in [0.29, 0.717) is 17.9 Å². The minimum absolute atomic E-state index is 0.196. The highest BCUT2D eigenvalue weighted by molar-refractivity contribution is 6.32. The van der Waals surface area contributed by atoms with Crippen LogP contribution in [0.4, 0.5) is 0 Å². The number of nitrogens with zero attached hydrogens (tertiary/aromatic N) is 4. The van der Waals surface area contributed by atoms with E-state index in [-0.39, 0.29) is 11.1 Å². The average molecular weight is 252 g/mol. The van der Waals surface area contributed by atoms with Crippen LogP contribution in [0.5, 0.6) is 0 Å². The molecule has 0 aromatic carbocycles. The maximum Gasteiger partial charge on any atom is 0.257 e. The summed E-state index contributed by atoms with van der Waals surface area (Å²) in [5.41, 5.74) is 0.371. The Morgan fingerprint density at radius 2 is 2.35 bits per heavy atom. The first-order valence-electron chi connectivity index (χ1n) is 4.88. The summed E-state index contributed by atoms with van der Waals surface area (Å²) in [6, 6.07) is 3.30. The van der Waals surface area contributed by atoms with Crippen LogP contribution in [0, 0.1) is 0 Å². The average Bonchev–Trinajstić information content (AvgIpc) is 2.81. The summed E-state index contributed by atoms with van der Waals surface area (Å²) in [6.45, 7) is 0.337. The van der Waals surface area contributed by atoms with E-state index in [2.05, 4.69) is 20.2 Å². The summed E-state index contributed by atoms with van der Waals surface area (Å²) in [5, 5.41) is 6.59. The van der Waals surface area contributed by atoms with Gasteiger partial charge in [-0.1, -0.05) is 11.6 Å². The van der Waals surface area contributed by atoms with Gasteiger partial charge in [0, 0.05) is 13.2 Å². The fourth-order valence-corrected chi connectivity index (χ4v) is 1.55. The van der Waals surface area contributed by atoms with Crippen LogP contribution in [0.15, 0.2) is 24.7 Å². The zero-order valence-corrected chi connectivity index (χ0v) is 9.85. The molecule has 0 saturated heterocycles. The molecule has 0 atom stereocenters. The molecular weight excluding hydrogens is 242 g/mol. The first-order valence-corrected chi connectivity index (χ1v) is 5.26. The molecule has 0 aliphatic carbocycles. The van der Waals surface area contributed by atoms with Gasteiger partial charge in [0.05, 0.1) is 12.1 Å². The van der Waals surface area contributed by atoms with Gasteiger partial charge in [0.15, 0.2) is 0 Å². The third-order valence-corrected chi connectivity index (χ3v) is 2.49. The predicted octanol–water partition coefficient (Wildman–Crippen LogP) is 1.13. The molecule has 0 bridgehead atoms. The molecule has 0 spiro atoms. The quantitative estimate of drug-likeness (QED) is 0.830. The van der Waals surface area contributed by atoms with Gasteiger partial charge >= 0.3 is 0 Å². The van der Waals surface area contributed by atoms with Crippen LogP contribution < -0.4 is 0 Å². The molecule has 88 valence electrons. The van der Waals surface area contributed by atoms with Crippen molar-refractivity contribution in [2.75, 3.05) is 7.05 Å². The molecule has 7 heteroatoms. The van der Waals surface area contributed by atoms with Gasteiger partial charge in [-0.25, -0.2) is 9.97 Å². The minimum Gasteiger partial charge on any atom is -0.334 e. The summed E-state index contributed by atoms with van der Waals surface area (Å²) >= 11 is 5.85. The lowest BCUT2D eigenvalue weighted by molar-refractivity contribution is 0.0781.